The summed E-state index contributed by atoms with van der Waals surface area (Å²) in [7, 11) is 0. The first-order chi connectivity index (χ1) is 12.1. The molecule has 0 spiro atoms. The molecule has 1 saturated carbocycles. The Kier molecular flexibility index (Phi) is 3.99. The van der Waals surface area contributed by atoms with Crippen molar-refractivity contribution in [1.82, 2.24) is 19.9 Å². The SMILES string of the molecule is Cc1nc(-c2ncccn2)sc1C(=O)N1CC2CCCC2C1C(=O)O. The summed E-state index contributed by atoms with van der Waals surface area (Å²) >= 11 is 1.23. The van der Waals surface area contributed by atoms with Gasteiger partial charge in [-0.15, -0.1) is 11.3 Å². The van der Waals surface area contributed by atoms with Gasteiger partial charge >= 0.3 is 5.97 Å². The number of thiazole rings is 1. The molecule has 1 amide bonds. The predicted molar refractivity (Wildman–Crippen MR) is 91.2 cm³/mol. The molecule has 0 bridgehead atoms. The van der Waals surface area contributed by atoms with Gasteiger partial charge in [0, 0.05) is 18.9 Å². The molecule has 1 aliphatic heterocycles. The molecular weight excluding hydrogens is 340 g/mol. The fourth-order valence-electron chi connectivity index (χ4n) is 4.06. The summed E-state index contributed by atoms with van der Waals surface area (Å²) in [6.07, 6.45) is 6.20. The molecule has 8 heteroatoms. The number of hydrogen-bond acceptors (Lipinski definition) is 6. The van der Waals surface area contributed by atoms with Gasteiger partial charge in [0.05, 0.1) is 5.69 Å². The van der Waals surface area contributed by atoms with E-state index in [1.807, 2.05) is 0 Å². The zero-order chi connectivity index (χ0) is 17.6. The Morgan fingerprint density at radius 1 is 1.28 bits per heavy atom. The quantitative estimate of drug-likeness (QED) is 0.904. The summed E-state index contributed by atoms with van der Waals surface area (Å²) in [5.41, 5.74) is 0.596. The lowest BCUT2D eigenvalue weighted by molar-refractivity contribution is -0.142. The Bertz CT molecular complexity index is 823. The number of carbonyl (C=O) groups is 2. The van der Waals surface area contributed by atoms with E-state index < -0.39 is 12.0 Å². The minimum atomic E-state index is -0.906. The fraction of sp³-hybridized carbons (Fsp3) is 0.471. The zero-order valence-electron chi connectivity index (χ0n) is 13.8. The Morgan fingerprint density at radius 2 is 2.04 bits per heavy atom. The zero-order valence-corrected chi connectivity index (χ0v) is 14.6. The van der Waals surface area contributed by atoms with Gasteiger partial charge in [-0.3, -0.25) is 4.79 Å². The number of hydrogen-bond donors (Lipinski definition) is 1. The summed E-state index contributed by atoms with van der Waals surface area (Å²) in [5.74, 6) is -0.292. The highest BCUT2D eigenvalue weighted by molar-refractivity contribution is 7.17. The van der Waals surface area contributed by atoms with Crippen LogP contribution in [0, 0.1) is 18.8 Å². The van der Waals surface area contributed by atoms with Gasteiger partial charge in [-0.2, -0.15) is 0 Å². The number of aliphatic carboxylic acids is 1. The molecule has 4 rings (SSSR count). The molecule has 2 aromatic heterocycles. The van der Waals surface area contributed by atoms with Crippen molar-refractivity contribution in [2.24, 2.45) is 11.8 Å². The predicted octanol–water partition coefficient (Wildman–Crippen LogP) is 2.23. The number of rotatable bonds is 3. The lowest BCUT2D eigenvalue weighted by Crippen LogP contribution is -2.43. The van der Waals surface area contributed by atoms with E-state index in [0.29, 0.717) is 33.9 Å². The number of carbonyl (C=O) groups excluding carboxylic acids is 1. The van der Waals surface area contributed by atoms with Gasteiger partial charge in [0.25, 0.3) is 5.91 Å². The van der Waals surface area contributed by atoms with Gasteiger partial charge in [0.1, 0.15) is 10.9 Å². The number of likely N-dealkylation sites (tertiary alicyclic amines) is 1. The van der Waals surface area contributed by atoms with Crippen LogP contribution in [-0.4, -0.2) is 49.4 Å². The van der Waals surface area contributed by atoms with Crippen LogP contribution in [0.2, 0.25) is 0 Å². The van der Waals surface area contributed by atoms with Crippen LogP contribution in [0.1, 0.15) is 34.6 Å². The van der Waals surface area contributed by atoms with Gasteiger partial charge in [-0.1, -0.05) is 6.42 Å². The molecule has 0 radical (unpaired) electrons. The summed E-state index contributed by atoms with van der Waals surface area (Å²) in [6, 6.07) is 0.995. The number of carboxylic acids is 1. The molecule has 1 N–H and O–H groups in total. The van der Waals surface area contributed by atoms with Crippen molar-refractivity contribution in [1.29, 1.82) is 0 Å². The second-order valence-corrected chi connectivity index (χ2v) is 7.60. The normalized spacial score (nSPS) is 25.2. The lowest BCUT2D eigenvalue weighted by Gasteiger charge is -2.24. The minimum absolute atomic E-state index is 0.0756. The molecule has 1 aliphatic carbocycles. The smallest absolute Gasteiger partial charge is 0.326 e. The second kappa shape index (κ2) is 6.18. The van der Waals surface area contributed by atoms with Crippen LogP contribution in [0.25, 0.3) is 10.8 Å². The molecule has 3 atom stereocenters. The van der Waals surface area contributed by atoms with Crippen LogP contribution in [0.15, 0.2) is 18.5 Å². The first-order valence-electron chi connectivity index (χ1n) is 8.35. The van der Waals surface area contributed by atoms with Crippen molar-refractivity contribution in [2.75, 3.05) is 6.54 Å². The molecule has 3 heterocycles. The van der Waals surface area contributed by atoms with Crippen molar-refractivity contribution in [3.05, 3.63) is 29.0 Å². The average molecular weight is 358 g/mol. The maximum atomic E-state index is 13.1. The van der Waals surface area contributed by atoms with Crippen LogP contribution in [-0.2, 0) is 4.79 Å². The van der Waals surface area contributed by atoms with E-state index in [0.717, 1.165) is 19.3 Å². The maximum absolute atomic E-state index is 13.1. The molecular formula is C17H18N4O3S. The minimum Gasteiger partial charge on any atom is -0.480 e. The summed E-state index contributed by atoms with van der Waals surface area (Å²) in [6.45, 7) is 2.29. The van der Waals surface area contributed by atoms with Crippen LogP contribution in [0.3, 0.4) is 0 Å². The van der Waals surface area contributed by atoms with Crippen LogP contribution in [0.4, 0.5) is 0 Å². The first-order valence-corrected chi connectivity index (χ1v) is 9.16. The van der Waals surface area contributed by atoms with Gasteiger partial charge in [-0.25, -0.2) is 19.7 Å². The summed E-state index contributed by atoms with van der Waals surface area (Å²) in [5, 5.41) is 10.2. The van der Waals surface area contributed by atoms with E-state index in [1.54, 1.807) is 25.4 Å². The Labute approximate surface area is 148 Å². The number of aromatic nitrogens is 3. The largest absolute Gasteiger partial charge is 0.480 e. The van der Waals surface area contributed by atoms with Crippen molar-refractivity contribution in [2.45, 2.75) is 32.2 Å². The van der Waals surface area contributed by atoms with E-state index in [9.17, 15) is 14.7 Å². The first kappa shape index (κ1) is 16.1. The third-order valence-corrected chi connectivity index (χ3v) is 6.29. The Balaban J connectivity index is 1.65. The van der Waals surface area contributed by atoms with Crippen LogP contribution in [0.5, 0.6) is 0 Å². The van der Waals surface area contributed by atoms with E-state index in [4.69, 9.17) is 0 Å². The van der Waals surface area contributed by atoms with Crippen LogP contribution < -0.4 is 0 Å². The van der Waals surface area contributed by atoms with Gasteiger partial charge in [0.15, 0.2) is 10.8 Å². The van der Waals surface area contributed by atoms with E-state index in [2.05, 4.69) is 15.0 Å². The third kappa shape index (κ3) is 2.70. The molecule has 25 heavy (non-hydrogen) atoms. The van der Waals surface area contributed by atoms with E-state index in [1.165, 1.54) is 16.2 Å². The van der Waals surface area contributed by atoms with Crippen molar-refractivity contribution in [3.8, 4) is 10.8 Å². The number of aryl methyl sites for hydroxylation is 1. The molecule has 3 unspecified atom stereocenters. The van der Waals surface area contributed by atoms with E-state index >= 15 is 0 Å². The van der Waals surface area contributed by atoms with Gasteiger partial charge < -0.3 is 10.0 Å². The van der Waals surface area contributed by atoms with Crippen LogP contribution >= 0.6 is 11.3 Å². The highest BCUT2D eigenvalue weighted by Crippen LogP contribution is 2.43. The standard InChI is InChI=1S/C17H18N4O3S/c1-9-13(25-15(20-9)14-18-6-3-7-19-14)16(22)21-8-10-4-2-5-11(10)12(21)17(23)24/h3,6-7,10-12H,2,4-5,8H2,1H3,(H,23,24). The van der Waals surface area contributed by atoms with Crippen molar-refractivity contribution < 1.29 is 14.7 Å². The van der Waals surface area contributed by atoms with Crippen molar-refractivity contribution >= 4 is 23.2 Å². The van der Waals surface area contributed by atoms with E-state index in [-0.39, 0.29) is 11.8 Å². The third-order valence-electron chi connectivity index (χ3n) is 5.15. The number of fused-ring (bicyclic) bond motifs is 1. The number of amides is 1. The molecule has 0 aromatic carbocycles. The molecule has 2 fully saturated rings. The Morgan fingerprint density at radius 3 is 2.76 bits per heavy atom. The number of carboxylic acid groups (broad SMARTS) is 1. The average Bonchev–Trinajstić information content (AvgIpc) is 3.28. The lowest BCUT2D eigenvalue weighted by atomic mass is 9.94. The highest BCUT2D eigenvalue weighted by Gasteiger charge is 2.50. The fourth-order valence-corrected chi connectivity index (χ4v) is 5.03. The van der Waals surface area contributed by atoms with Gasteiger partial charge in [0.2, 0.25) is 0 Å². The molecule has 2 aliphatic rings. The maximum Gasteiger partial charge on any atom is 0.326 e. The Hall–Kier alpha value is -2.35. The van der Waals surface area contributed by atoms with Crippen molar-refractivity contribution in [3.63, 3.8) is 0 Å². The van der Waals surface area contributed by atoms with Gasteiger partial charge in [-0.05, 0) is 37.7 Å². The second-order valence-electron chi connectivity index (χ2n) is 6.60. The summed E-state index contributed by atoms with van der Waals surface area (Å²) < 4.78 is 0. The molecule has 2 aromatic rings. The molecule has 1 saturated heterocycles. The molecule has 130 valence electrons. The highest BCUT2D eigenvalue weighted by atomic mass is 32.1. The number of nitrogens with zero attached hydrogens (tertiary/aromatic N) is 4. The topological polar surface area (TPSA) is 96.3 Å². The molecule has 7 nitrogen and oxygen atoms in total. The monoisotopic (exact) mass is 358 g/mol. The summed E-state index contributed by atoms with van der Waals surface area (Å²) in [4.78, 5) is 39.6.